The molecule has 9 nitrogen and oxygen atoms in total. The van der Waals surface area contributed by atoms with Gasteiger partial charge < -0.3 is 9.50 Å². The minimum Gasteiger partial charge on any atom is -0.399 e. The quantitative estimate of drug-likeness (QED) is 0.117. The van der Waals surface area contributed by atoms with Crippen LogP contribution in [0.4, 0.5) is 10.8 Å². The average Bonchev–Trinajstić information content (AvgIpc) is 3.48. The Labute approximate surface area is 193 Å². The van der Waals surface area contributed by atoms with E-state index in [0.29, 0.717) is 24.0 Å². The van der Waals surface area contributed by atoms with Gasteiger partial charge >= 0.3 is 0 Å². The van der Waals surface area contributed by atoms with Crippen LogP contribution in [0.3, 0.4) is 0 Å². The van der Waals surface area contributed by atoms with Gasteiger partial charge in [-0.3, -0.25) is 0 Å². The van der Waals surface area contributed by atoms with Crippen LogP contribution < -0.4 is 9.50 Å². The fourth-order valence-electron chi connectivity index (χ4n) is 3.70. The summed E-state index contributed by atoms with van der Waals surface area (Å²) in [6.45, 7) is 4.42. The van der Waals surface area contributed by atoms with Gasteiger partial charge in [-0.2, -0.15) is 5.10 Å². The molecule has 0 saturated carbocycles. The molecule has 0 bridgehead atoms. The summed E-state index contributed by atoms with van der Waals surface area (Å²) in [6.07, 6.45) is 5.50. The molecule has 2 heterocycles. The summed E-state index contributed by atoms with van der Waals surface area (Å²) in [5, 5.41) is 20.2. The Morgan fingerprint density at radius 1 is 1.16 bits per heavy atom. The predicted octanol–water partition coefficient (Wildman–Crippen LogP) is 6.02. The fraction of sp³-hybridized carbons (Fsp3) is 0.286. The van der Waals surface area contributed by atoms with Crippen LogP contribution in [-0.2, 0) is 9.37 Å². The van der Waals surface area contributed by atoms with Gasteiger partial charge in [0.1, 0.15) is 18.4 Å². The van der Waals surface area contributed by atoms with Gasteiger partial charge in [-0.05, 0) is 35.7 Å². The number of hydrogen-bond donors (Lipinski definition) is 2. The van der Waals surface area contributed by atoms with Crippen molar-refractivity contribution >= 4 is 44.7 Å². The Morgan fingerprint density at radius 3 is 2.66 bits per heavy atom. The third-order valence-electron chi connectivity index (χ3n) is 5.27. The molecule has 4 rings (SSSR count). The Morgan fingerprint density at radius 2 is 1.97 bits per heavy atom. The van der Waals surface area contributed by atoms with Crippen molar-refractivity contribution in [2.75, 3.05) is 5.32 Å². The van der Waals surface area contributed by atoms with Gasteiger partial charge in [0.2, 0.25) is 0 Å². The van der Waals surface area contributed by atoms with Crippen LogP contribution in [-0.4, -0.2) is 25.0 Å². The molecule has 0 radical (unpaired) electrons. The first kappa shape index (κ1) is 22.5. The first-order valence-corrected chi connectivity index (χ1v) is 11.6. The normalized spacial score (nSPS) is 12.4. The number of aromatic nitrogens is 4. The second kappa shape index (κ2) is 10.7. The number of benzene rings is 2. The molecule has 1 atom stereocenters. The number of nitrogens with zero attached hydrogens (tertiary/aromatic N) is 4. The number of fused-ring (bicyclic) bond motifs is 1. The number of nitrogens with one attached hydrogen (secondary N) is 1. The highest BCUT2D eigenvalue weighted by atomic mass is 32.2. The Kier molecular flexibility index (Phi) is 7.55. The Hall–Kier alpha value is -2.70. The van der Waals surface area contributed by atoms with E-state index in [1.54, 1.807) is 18.7 Å². The van der Waals surface area contributed by atoms with E-state index >= 15 is 0 Å². The SMILES string of the molecule is CCC(CC)C(c1ccc(Nc2nc3ccc(OSOOO)cc3s2)cc1)n1cncn1. The van der Waals surface area contributed by atoms with Crippen molar-refractivity contribution in [1.82, 2.24) is 19.7 Å². The van der Waals surface area contributed by atoms with E-state index in [2.05, 4.69) is 67.9 Å². The van der Waals surface area contributed by atoms with Crippen molar-refractivity contribution in [3.8, 4) is 5.75 Å². The fourth-order valence-corrected chi connectivity index (χ4v) is 4.85. The number of thiazole rings is 1. The van der Waals surface area contributed by atoms with E-state index < -0.39 is 0 Å². The van der Waals surface area contributed by atoms with E-state index in [1.165, 1.54) is 16.9 Å². The first-order valence-electron chi connectivity index (χ1n) is 10.1. The number of rotatable bonds is 11. The third-order valence-corrected chi connectivity index (χ3v) is 6.58. The summed E-state index contributed by atoms with van der Waals surface area (Å²) in [6, 6.07) is 14.0. The van der Waals surface area contributed by atoms with Crippen LogP contribution in [0.1, 0.15) is 38.3 Å². The van der Waals surface area contributed by atoms with E-state index in [4.69, 9.17) is 9.44 Å². The largest absolute Gasteiger partial charge is 0.399 e. The van der Waals surface area contributed by atoms with Gasteiger partial charge in [-0.15, -0.1) is 0 Å². The molecule has 0 aliphatic carbocycles. The molecule has 11 heteroatoms. The molecule has 4 aromatic rings. The van der Waals surface area contributed by atoms with Gasteiger partial charge in [0, 0.05) is 11.8 Å². The lowest BCUT2D eigenvalue weighted by Gasteiger charge is -2.26. The third kappa shape index (κ3) is 5.19. The van der Waals surface area contributed by atoms with Crippen LogP contribution in [0.25, 0.3) is 10.2 Å². The molecule has 0 aliphatic rings. The van der Waals surface area contributed by atoms with E-state index in [-0.39, 0.29) is 6.04 Å². The van der Waals surface area contributed by atoms with E-state index in [1.807, 2.05) is 16.8 Å². The summed E-state index contributed by atoms with van der Waals surface area (Å²) in [7, 11) is 0. The molecular formula is C21H23N5O4S2. The zero-order valence-electron chi connectivity index (χ0n) is 17.5. The molecule has 0 aliphatic heterocycles. The smallest absolute Gasteiger partial charge is 0.261 e. The minimum absolute atomic E-state index is 0.153. The van der Waals surface area contributed by atoms with E-state index in [0.717, 1.165) is 33.9 Å². The predicted molar refractivity (Wildman–Crippen MR) is 125 cm³/mol. The standard InChI is InChI=1S/C21H23N5O4S2/c1-3-14(4-2)20(26-13-22-12-23-26)15-5-7-16(8-6-15)24-21-25-18-10-9-17(11-19(18)31-21)28-32-30-29-27/h5-14,20,27H,3-4H2,1-2H3,(H,24,25). The second-order valence-corrected chi connectivity index (χ2v) is 8.56. The van der Waals surface area contributed by atoms with Crippen LogP contribution in [0, 0.1) is 5.92 Å². The Bertz CT molecular complexity index is 1120. The maximum Gasteiger partial charge on any atom is 0.261 e. The molecule has 2 aromatic carbocycles. The summed E-state index contributed by atoms with van der Waals surface area (Å²) in [5.74, 6) is 1.03. The van der Waals surface area contributed by atoms with Crippen molar-refractivity contribution in [2.24, 2.45) is 5.92 Å². The first-order chi connectivity index (χ1) is 15.7. The lowest BCUT2D eigenvalue weighted by molar-refractivity contribution is -0.433. The van der Waals surface area contributed by atoms with Crippen molar-refractivity contribution in [3.63, 3.8) is 0 Å². The molecule has 0 amide bonds. The molecule has 2 aromatic heterocycles. The summed E-state index contributed by atoms with van der Waals surface area (Å²) in [5.41, 5.74) is 3.01. The summed E-state index contributed by atoms with van der Waals surface area (Å²) >= 11 is 2.03. The molecule has 32 heavy (non-hydrogen) atoms. The molecule has 2 N–H and O–H groups in total. The number of hydrogen-bond acceptors (Lipinski definition) is 10. The topological polar surface area (TPSA) is 104 Å². The summed E-state index contributed by atoms with van der Waals surface area (Å²) in [4.78, 5) is 8.76. The monoisotopic (exact) mass is 473 g/mol. The molecule has 0 fully saturated rings. The lowest BCUT2D eigenvalue weighted by atomic mass is 9.89. The van der Waals surface area contributed by atoms with Crippen LogP contribution in [0.5, 0.6) is 5.75 Å². The zero-order chi connectivity index (χ0) is 22.3. The van der Waals surface area contributed by atoms with Gasteiger partial charge in [0.15, 0.2) is 5.13 Å². The van der Waals surface area contributed by atoms with Gasteiger partial charge in [0.05, 0.1) is 16.3 Å². The van der Waals surface area contributed by atoms with Crippen molar-refractivity contribution < 1.29 is 18.8 Å². The molecular weight excluding hydrogens is 450 g/mol. The van der Waals surface area contributed by atoms with Crippen LogP contribution in [0.15, 0.2) is 55.1 Å². The highest BCUT2D eigenvalue weighted by molar-refractivity contribution is 7.90. The molecule has 168 valence electrons. The molecule has 0 spiro atoms. The molecule has 0 saturated heterocycles. The van der Waals surface area contributed by atoms with Crippen molar-refractivity contribution in [3.05, 3.63) is 60.7 Å². The molecule has 1 unspecified atom stereocenters. The van der Waals surface area contributed by atoms with Gasteiger partial charge in [-0.1, -0.05) is 59.5 Å². The highest BCUT2D eigenvalue weighted by Crippen LogP contribution is 2.34. The van der Waals surface area contributed by atoms with Crippen LogP contribution in [0.2, 0.25) is 0 Å². The highest BCUT2D eigenvalue weighted by Gasteiger charge is 2.23. The van der Waals surface area contributed by atoms with E-state index in [9.17, 15) is 0 Å². The second-order valence-electron chi connectivity index (χ2n) is 7.09. The summed E-state index contributed by atoms with van der Waals surface area (Å²) < 4.78 is 12.4. The van der Waals surface area contributed by atoms with Crippen molar-refractivity contribution in [2.45, 2.75) is 32.7 Å². The maximum absolute atomic E-state index is 8.16. The van der Waals surface area contributed by atoms with Gasteiger partial charge in [0.25, 0.3) is 12.3 Å². The average molecular weight is 474 g/mol. The van der Waals surface area contributed by atoms with Crippen molar-refractivity contribution in [1.29, 1.82) is 0 Å². The Balaban J connectivity index is 1.50. The van der Waals surface area contributed by atoms with Gasteiger partial charge in [-0.25, -0.2) is 19.9 Å². The maximum atomic E-state index is 8.16. The van der Waals surface area contributed by atoms with Crippen LogP contribution >= 0.6 is 23.7 Å². The zero-order valence-corrected chi connectivity index (χ0v) is 19.2. The lowest BCUT2D eigenvalue weighted by Crippen LogP contribution is -2.20. The number of anilines is 2. The minimum atomic E-state index is 0.153.